The third-order valence-electron chi connectivity index (χ3n) is 5.38. The third-order valence-corrected chi connectivity index (χ3v) is 6.42. The van der Waals surface area contributed by atoms with Crippen molar-refractivity contribution in [2.24, 2.45) is 0 Å². The highest BCUT2D eigenvalue weighted by Crippen LogP contribution is 2.31. The van der Waals surface area contributed by atoms with E-state index in [9.17, 15) is 0 Å². The van der Waals surface area contributed by atoms with Crippen molar-refractivity contribution in [3.05, 3.63) is 95.6 Å². The summed E-state index contributed by atoms with van der Waals surface area (Å²) in [5.74, 6) is 7.24. The Hall–Kier alpha value is -4.52. The minimum absolute atomic E-state index is 0. The van der Waals surface area contributed by atoms with Crippen LogP contribution in [0.25, 0.3) is 21.1 Å². The van der Waals surface area contributed by atoms with Gasteiger partial charge in [-0.2, -0.15) is 5.10 Å². The van der Waals surface area contributed by atoms with Crippen molar-refractivity contribution >= 4 is 62.2 Å². The van der Waals surface area contributed by atoms with Crippen LogP contribution < -0.4 is 11.1 Å². The fourth-order valence-corrected chi connectivity index (χ4v) is 4.63. The Bertz CT molecular complexity index is 1720. The zero-order valence-corrected chi connectivity index (χ0v) is 20.4. The lowest BCUT2D eigenvalue weighted by molar-refractivity contribution is 0.712. The zero-order chi connectivity index (χ0) is 23.6. The molecule has 3 N–H and O–H groups in total. The molecule has 0 amide bonds. The highest BCUT2D eigenvalue weighted by atomic mass is 35.5. The summed E-state index contributed by atoms with van der Waals surface area (Å²) < 4.78 is 2.94. The van der Waals surface area contributed by atoms with Gasteiger partial charge >= 0.3 is 0 Å². The summed E-state index contributed by atoms with van der Waals surface area (Å²) in [6, 6.07) is 18.4. The molecule has 4 heterocycles. The Morgan fingerprint density at radius 3 is 2.64 bits per heavy atom. The first-order chi connectivity index (χ1) is 17.2. The quantitative estimate of drug-likeness (QED) is 0.320. The van der Waals surface area contributed by atoms with Crippen molar-refractivity contribution in [1.29, 1.82) is 0 Å². The molecule has 0 saturated heterocycles. The Morgan fingerprint density at radius 1 is 0.917 bits per heavy atom. The number of benzene rings is 2. The smallest absolute Gasteiger partial charge is 0.151 e. The van der Waals surface area contributed by atoms with Gasteiger partial charge in [0.1, 0.15) is 17.8 Å². The number of hydrogen-bond acceptors (Lipinski definition) is 8. The first-order valence-corrected chi connectivity index (χ1v) is 11.6. The summed E-state index contributed by atoms with van der Waals surface area (Å²) >= 11 is 1.52. The Kier molecular flexibility index (Phi) is 6.45. The van der Waals surface area contributed by atoms with Crippen LogP contribution in [0.1, 0.15) is 16.1 Å². The Morgan fingerprint density at radius 2 is 1.81 bits per heavy atom. The van der Waals surface area contributed by atoms with E-state index in [0.717, 1.165) is 44.0 Å². The molecule has 0 saturated carbocycles. The molecule has 36 heavy (non-hydrogen) atoms. The maximum absolute atomic E-state index is 5.58. The largest absolute Gasteiger partial charge is 0.382 e. The molecule has 176 valence electrons. The number of nitrogens with two attached hydrogens (primary N) is 1. The average Bonchev–Trinajstić information content (AvgIpc) is 3.49. The number of nitrogens with zero attached hydrogens (tertiary/aromatic N) is 6. The third kappa shape index (κ3) is 4.81. The molecule has 0 bridgehead atoms. The van der Waals surface area contributed by atoms with Crippen molar-refractivity contribution in [3.8, 4) is 11.8 Å². The number of aromatic nitrogens is 6. The molecule has 0 aliphatic heterocycles. The summed E-state index contributed by atoms with van der Waals surface area (Å²) in [6.07, 6.45) is 6.49. The van der Waals surface area contributed by atoms with E-state index in [2.05, 4.69) is 66.5 Å². The van der Waals surface area contributed by atoms with Gasteiger partial charge in [0.2, 0.25) is 0 Å². The molecular formula is C26H19ClN8S. The molecule has 0 aliphatic carbocycles. The van der Waals surface area contributed by atoms with Gasteiger partial charge in [-0.3, -0.25) is 4.68 Å². The number of halogens is 1. The monoisotopic (exact) mass is 510 g/mol. The maximum atomic E-state index is 5.58. The number of fused-ring (bicyclic) bond motifs is 2. The predicted molar refractivity (Wildman–Crippen MR) is 146 cm³/mol. The Balaban J connectivity index is 0.00000267. The zero-order valence-electron chi connectivity index (χ0n) is 18.8. The number of anilines is 3. The van der Waals surface area contributed by atoms with Crippen LogP contribution in [-0.2, 0) is 6.54 Å². The molecule has 4 aromatic heterocycles. The first kappa shape index (κ1) is 23.2. The normalized spacial score (nSPS) is 10.6. The summed E-state index contributed by atoms with van der Waals surface area (Å²) in [5.41, 5.74) is 10.2. The second-order valence-electron chi connectivity index (χ2n) is 7.81. The van der Waals surface area contributed by atoms with E-state index < -0.39 is 0 Å². The van der Waals surface area contributed by atoms with Crippen molar-refractivity contribution < 1.29 is 0 Å². The van der Waals surface area contributed by atoms with E-state index in [1.54, 1.807) is 12.5 Å². The second-order valence-corrected chi connectivity index (χ2v) is 8.86. The van der Waals surface area contributed by atoms with Gasteiger partial charge in [0.05, 0.1) is 45.7 Å². The summed E-state index contributed by atoms with van der Waals surface area (Å²) in [4.78, 5) is 17.9. The number of thiophene rings is 1. The fourth-order valence-electron chi connectivity index (χ4n) is 3.72. The molecule has 0 atom stereocenters. The van der Waals surface area contributed by atoms with Crippen LogP contribution in [0.3, 0.4) is 0 Å². The Labute approximate surface area is 216 Å². The molecule has 6 rings (SSSR count). The molecule has 6 aromatic rings. The standard InChI is InChI=1S/C26H18N8S.ClH/c27-24-14-28-20(13-29-24)6-8-21-11-22-25(35-21)26(31-16-30-22)33-19-7-9-23-18(10-19)12-32-34(23)15-17-4-2-1-3-5-17;/h1-5,7,9-14,16H,15H2,(H2,27,29)(H,30,31,33);1H. The molecular weight excluding hydrogens is 492 g/mol. The minimum Gasteiger partial charge on any atom is -0.382 e. The van der Waals surface area contributed by atoms with Crippen molar-refractivity contribution in [2.75, 3.05) is 11.1 Å². The number of nitrogens with one attached hydrogen (secondary N) is 1. The summed E-state index contributed by atoms with van der Waals surface area (Å²) in [5, 5.41) is 9.06. The highest BCUT2D eigenvalue weighted by Gasteiger charge is 2.10. The van der Waals surface area contributed by atoms with Crippen molar-refractivity contribution in [1.82, 2.24) is 29.7 Å². The topological polar surface area (TPSA) is 107 Å². The van der Waals surface area contributed by atoms with Crippen molar-refractivity contribution in [3.63, 3.8) is 0 Å². The van der Waals surface area contributed by atoms with Gasteiger partial charge in [-0.05, 0) is 41.7 Å². The molecule has 0 aliphatic rings. The van der Waals surface area contributed by atoms with Crippen LogP contribution in [0.2, 0.25) is 0 Å². The van der Waals surface area contributed by atoms with Gasteiger partial charge in [-0.25, -0.2) is 19.9 Å². The number of hydrogen-bond donors (Lipinski definition) is 2. The molecule has 0 unspecified atom stereocenters. The van der Waals surface area contributed by atoms with E-state index in [1.807, 2.05) is 41.2 Å². The lowest BCUT2D eigenvalue weighted by Crippen LogP contribution is -2.01. The van der Waals surface area contributed by atoms with Gasteiger partial charge in [0, 0.05) is 11.1 Å². The van der Waals surface area contributed by atoms with Crippen LogP contribution in [-0.4, -0.2) is 29.7 Å². The van der Waals surface area contributed by atoms with Gasteiger partial charge in [0.15, 0.2) is 5.82 Å². The fraction of sp³-hybridized carbons (Fsp3) is 0.0385. The van der Waals surface area contributed by atoms with Crippen LogP contribution >= 0.6 is 23.7 Å². The summed E-state index contributed by atoms with van der Waals surface area (Å²) in [7, 11) is 0. The van der Waals surface area contributed by atoms with E-state index in [0.29, 0.717) is 11.5 Å². The van der Waals surface area contributed by atoms with E-state index in [1.165, 1.54) is 23.1 Å². The van der Waals surface area contributed by atoms with Gasteiger partial charge in [-0.15, -0.1) is 23.7 Å². The number of rotatable bonds is 4. The van der Waals surface area contributed by atoms with E-state index in [-0.39, 0.29) is 12.4 Å². The summed E-state index contributed by atoms with van der Waals surface area (Å²) in [6.45, 7) is 0.727. The van der Waals surface area contributed by atoms with E-state index in [4.69, 9.17) is 5.73 Å². The van der Waals surface area contributed by atoms with Gasteiger partial charge < -0.3 is 11.1 Å². The predicted octanol–water partition coefficient (Wildman–Crippen LogP) is 5.03. The lowest BCUT2D eigenvalue weighted by atomic mass is 10.2. The van der Waals surface area contributed by atoms with Crippen LogP contribution in [0, 0.1) is 11.8 Å². The van der Waals surface area contributed by atoms with Crippen LogP contribution in [0.4, 0.5) is 17.3 Å². The molecule has 10 heteroatoms. The lowest BCUT2D eigenvalue weighted by Gasteiger charge is -2.07. The first-order valence-electron chi connectivity index (χ1n) is 10.8. The second kappa shape index (κ2) is 10.00. The maximum Gasteiger partial charge on any atom is 0.151 e. The molecule has 2 aromatic carbocycles. The SMILES string of the molecule is Cl.Nc1cnc(C#Cc2cc3ncnc(Nc4ccc5c(cnn5Cc5ccccc5)c4)c3s2)cn1. The van der Waals surface area contributed by atoms with Gasteiger partial charge in [-0.1, -0.05) is 30.3 Å². The van der Waals surface area contributed by atoms with Crippen LogP contribution in [0.15, 0.2) is 79.5 Å². The molecule has 0 fully saturated rings. The molecule has 8 nitrogen and oxygen atoms in total. The average molecular weight is 511 g/mol. The number of nitrogen functional groups attached to an aromatic ring is 1. The molecule has 0 spiro atoms. The molecule has 0 radical (unpaired) electrons. The van der Waals surface area contributed by atoms with Gasteiger partial charge in [0.25, 0.3) is 0 Å². The van der Waals surface area contributed by atoms with Crippen molar-refractivity contribution in [2.45, 2.75) is 6.54 Å². The highest BCUT2D eigenvalue weighted by molar-refractivity contribution is 7.20. The minimum atomic E-state index is 0. The van der Waals surface area contributed by atoms with Crippen LogP contribution in [0.5, 0.6) is 0 Å². The van der Waals surface area contributed by atoms with E-state index >= 15 is 0 Å².